The monoisotopic (exact) mass is 458 g/mol. The predicted molar refractivity (Wildman–Crippen MR) is 119 cm³/mol. The standard InChI is InChI=1S/C22H27BrN4O2/c1-2-18-7-3-4-9-20(18)25-21(28)16-26-10-12-27(13-11-26)22(29)24-15-17-6-5-8-19(23)14-17/h3-9,14H,2,10-13,15-16H2,1H3,(H,24,29)(H,25,28). The van der Waals surface area contributed by atoms with Gasteiger partial charge in [-0.05, 0) is 35.7 Å². The molecule has 2 aromatic rings. The smallest absolute Gasteiger partial charge is 0.317 e. The highest BCUT2D eigenvalue weighted by molar-refractivity contribution is 9.10. The highest BCUT2D eigenvalue weighted by Crippen LogP contribution is 2.15. The normalized spacial score (nSPS) is 14.5. The summed E-state index contributed by atoms with van der Waals surface area (Å²) in [7, 11) is 0. The lowest BCUT2D eigenvalue weighted by molar-refractivity contribution is -0.117. The minimum Gasteiger partial charge on any atom is -0.334 e. The van der Waals surface area contributed by atoms with Gasteiger partial charge in [0, 0.05) is 42.9 Å². The third-order valence-corrected chi connectivity index (χ3v) is 5.53. The summed E-state index contributed by atoms with van der Waals surface area (Å²) in [5.74, 6) is -0.0153. The van der Waals surface area contributed by atoms with E-state index in [2.05, 4.69) is 38.4 Å². The fraction of sp³-hybridized carbons (Fsp3) is 0.364. The summed E-state index contributed by atoms with van der Waals surface area (Å²) in [5, 5.41) is 5.97. The van der Waals surface area contributed by atoms with E-state index in [-0.39, 0.29) is 11.9 Å². The number of aryl methyl sites for hydroxylation is 1. The van der Waals surface area contributed by atoms with Crippen LogP contribution in [-0.4, -0.2) is 54.5 Å². The number of carbonyl (C=O) groups excluding carboxylic acids is 2. The maximum absolute atomic E-state index is 12.4. The average Bonchev–Trinajstić information content (AvgIpc) is 2.73. The van der Waals surface area contributed by atoms with E-state index in [1.165, 1.54) is 0 Å². The van der Waals surface area contributed by atoms with Crippen molar-refractivity contribution in [3.05, 3.63) is 64.1 Å². The van der Waals surface area contributed by atoms with Gasteiger partial charge in [-0.25, -0.2) is 4.79 Å². The largest absolute Gasteiger partial charge is 0.334 e. The number of para-hydroxylation sites is 1. The van der Waals surface area contributed by atoms with Crippen LogP contribution in [0.1, 0.15) is 18.1 Å². The molecule has 3 rings (SSSR count). The zero-order chi connectivity index (χ0) is 20.6. The number of halogens is 1. The number of nitrogens with zero attached hydrogens (tertiary/aromatic N) is 2. The molecule has 0 bridgehead atoms. The van der Waals surface area contributed by atoms with Crippen LogP contribution in [0.15, 0.2) is 53.0 Å². The van der Waals surface area contributed by atoms with Crippen LogP contribution >= 0.6 is 15.9 Å². The van der Waals surface area contributed by atoms with Gasteiger partial charge in [0.15, 0.2) is 0 Å². The van der Waals surface area contributed by atoms with Gasteiger partial charge in [0.1, 0.15) is 0 Å². The summed E-state index contributed by atoms with van der Waals surface area (Å²) in [6.07, 6.45) is 0.879. The molecule has 0 aromatic heterocycles. The van der Waals surface area contributed by atoms with E-state index in [9.17, 15) is 9.59 Å². The van der Waals surface area contributed by atoms with E-state index in [4.69, 9.17) is 0 Å². The number of carbonyl (C=O) groups is 2. The van der Waals surface area contributed by atoms with Gasteiger partial charge in [-0.2, -0.15) is 0 Å². The Bertz CT molecular complexity index is 850. The molecule has 0 aliphatic carbocycles. The van der Waals surface area contributed by atoms with Crippen molar-refractivity contribution in [2.45, 2.75) is 19.9 Å². The first-order chi connectivity index (χ1) is 14.0. The Morgan fingerprint density at radius 3 is 2.52 bits per heavy atom. The Labute approximate surface area is 180 Å². The lowest BCUT2D eigenvalue weighted by atomic mass is 10.1. The molecule has 2 aromatic carbocycles. The lowest BCUT2D eigenvalue weighted by Crippen LogP contribution is -2.52. The van der Waals surface area contributed by atoms with Gasteiger partial charge >= 0.3 is 6.03 Å². The number of hydrogen-bond donors (Lipinski definition) is 2. The molecule has 6 nitrogen and oxygen atoms in total. The highest BCUT2D eigenvalue weighted by atomic mass is 79.9. The second kappa shape index (κ2) is 10.4. The van der Waals surface area contributed by atoms with E-state index < -0.39 is 0 Å². The van der Waals surface area contributed by atoms with Crippen LogP contribution in [0.25, 0.3) is 0 Å². The van der Waals surface area contributed by atoms with Crippen LogP contribution in [0.3, 0.4) is 0 Å². The summed E-state index contributed by atoms with van der Waals surface area (Å²) in [4.78, 5) is 28.7. The molecule has 3 amide bonds. The van der Waals surface area contributed by atoms with Crippen LogP contribution < -0.4 is 10.6 Å². The molecule has 7 heteroatoms. The third kappa shape index (κ3) is 6.30. The number of nitrogens with one attached hydrogen (secondary N) is 2. The fourth-order valence-corrected chi connectivity index (χ4v) is 3.84. The highest BCUT2D eigenvalue weighted by Gasteiger charge is 2.22. The second-order valence-corrected chi connectivity index (χ2v) is 8.03. The van der Waals surface area contributed by atoms with Crippen LogP contribution in [0.5, 0.6) is 0 Å². The van der Waals surface area contributed by atoms with Crippen molar-refractivity contribution in [3.63, 3.8) is 0 Å². The molecule has 2 N–H and O–H groups in total. The fourth-order valence-electron chi connectivity index (χ4n) is 3.39. The average molecular weight is 459 g/mol. The zero-order valence-corrected chi connectivity index (χ0v) is 18.2. The summed E-state index contributed by atoms with van der Waals surface area (Å²) in [6, 6.07) is 15.7. The second-order valence-electron chi connectivity index (χ2n) is 7.11. The van der Waals surface area contributed by atoms with Crippen LogP contribution in [-0.2, 0) is 17.8 Å². The van der Waals surface area contributed by atoms with E-state index in [1.807, 2.05) is 48.5 Å². The zero-order valence-electron chi connectivity index (χ0n) is 16.7. The minimum atomic E-state index is -0.0639. The molecule has 1 heterocycles. The van der Waals surface area contributed by atoms with E-state index >= 15 is 0 Å². The molecule has 0 atom stereocenters. The van der Waals surface area contributed by atoms with Gasteiger partial charge in [0.25, 0.3) is 0 Å². The van der Waals surface area contributed by atoms with E-state index in [0.717, 1.165) is 27.7 Å². The quantitative estimate of drug-likeness (QED) is 0.696. The molecule has 0 radical (unpaired) electrons. The maximum Gasteiger partial charge on any atom is 0.317 e. The predicted octanol–water partition coefficient (Wildman–Crippen LogP) is 3.48. The number of anilines is 1. The topological polar surface area (TPSA) is 64.7 Å². The Hall–Kier alpha value is -2.38. The Morgan fingerprint density at radius 1 is 1.03 bits per heavy atom. The number of amides is 3. The van der Waals surface area contributed by atoms with E-state index in [0.29, 0.717) is 39.3 Å². The van der Waals surface area contributed by atoms with Crippen molar-refractivity contribution in [2.75, 3.05) is 38.0 Å². The number of piperazine rings is 1. The first-order valence-corrected chi connectivity index (χ1v) is 10.7. The molecule has 0 spiro atoms. The third-order valence-electron chi connectivity index (χ3n) is 5.03. The van der Waals surface area contributed by atoms with Gasteiger partial charge in [0.05, 0.1) is 6.54 Å². The SMILES string of the molecule is CCc1ccccc1NC(=O)CN1CCN(C(=O)NCc2cccc(Br)c2)CC1. The minimum absolute atomic E-state index is 0.0153. The number of hydrogen-bond acceptors (Lipinski definition) is 3. The molecule has 1 aliphatic rings. The number of rotatable bonds is 6. The van der Waals surface area contributed by atoms with Gasteiger partial charge in [0.2, 0.25) is 5.91 Å². The van der Waals surface area contributed by atoms with Gasteiger partial charge in [-0.15, -0.1) is 0 Å². The first-order valence-electron chi connectivity index (χ1n) is 9.92. The lowest BCUT2D eigenvalue weighted by Gasteiger charge is -2.34. The van der Waals surface area contributed by atoms with Gasteiger partial charge < -0.3 is 15.5 Å². The molecule has 1 saturated heterocycles. The summed E-state index contributed by atoms with van der Waals surface area (Å²) >= 11 is 3.44. The first kappa shape index (κ1) is 21.3. The van der Waals surface area contributed by atoms with Crippen LogP contribution in [0.4, 0.5) is 10.5 Å². The molecular formula is C22H27BrN4O2. The van der Waals surface area contributed by atoms with Gasteiger partial charge in [-0.3, -0.25) is 9.69 Å². The van der Waals surface area contributed by atoms with Crippen molar-refractivity contribution in [1.82, 2.24) is 15.1 Å². The number of urea groups is 1. The van der Waals surface area contributed by atoms with Crippen molar-refractivity contribution >= 4 is 33.6 Å². The maximum atomic E-state index is 12.4. The summed E-state index contributed by atoms with van der Waals surface area (Å²) in [6.45, 7) is 5.52. The van der Waals surface area contributed by atoms with Crippen molar-refractivity contribution in [2.24, 2.45) is 0 Å². The Kier molecular flexibility index (Phi) is 7.66. The van der Waals surface area contributed by atoms with Crippen molar-refractivity contribution in [3.8, 4) is 0 Å². The van der Waals surface area contributed by atoms with Gasteiger partial charge in [-0.1, -0.05) is 53.2 Å². The molecule has 29 heavy (non-hydrogen) atoms. The Morgan fingerprint density at radius 2 is 1.79 bits per heavy atom. The molecule has 154 valence electrons. The molecular weight excluding hydrogens is 432 g/mol. The molecule has 1 fully saturated rings. The Balaban J connectivity index is 1.41. The van der Waals surface area contributed by atoms with E-state index in [1.54, 1.807) is 4.90 Å². The molecule has 0 unspecified atom stereocenters. The summed E-state index contributed by atoms with van der Waals surface area (Å²) < 4.78 is 0.998. The molecule has 1 aliphatic heterocycles. The van der Waals surface area contributed by atoms with Crippen molar-refractivity contribution in [1.29, 1.82) is 0 Å². The van der Waals surface area contributed by atoms with Crippen LogP contribution in [0.2, 0.25) is 0 Å². The van der Waals surface area contributed by atoms with Crippen LogP contribution in [0, 0.1) is 0 Å². The molecule has 0 saturated carbocycles. The van der Waals surface area contributed by atoms with Crippen molar-refractivity contribution < 1.29 is 9.59 Å². The number of benzene rings is 2. The summed E-state index contributed by atoms with van der Waals surface area (Å²) in [5.41, 5.74) is 3.06.